The molecule has 0 fully saturated rings. The number of hydrogen-bond acceptors (Lipinski definition) is 4. The average Bonchev–Trinajstić information content (AvgIpc) is 2.82. The molecule has 0 saturated heterocycles. The second-order valence-electron chi connectivity index (χ2n) is 3.58. The van der Waals surface area contributed by atoms with Crippen LogP contribution in [0.2, 0.25) is 0 Å². The van der Waals surface area contributed by atoms with Crippen molar-refractivity contribution in [2.75, 3.05) is 5.73 Å². The van der Waals surface area contributed by atoms with E-state index < -0.39 is 0 Å². The van der Waals surface area contributed by atoms with Crippen molar-refractivity contribution in [3.8, 4) is 5.82 Å². The maximum Gasteiger partial charge on any atom is 0.179 e. The van der Waals surface area contributed by atoms with E-state index >= 15 is 0 Å². The fourth-order valence-electron chi connectivity index (χ4n) is 1.66. The lowest BCUT2D eigenvalue weighted by Crippen LogP contribution is -2.01. The highest BCUT2D eigenvalue weighted by Gasteiger charge is 2.07. The van der Waals surface area contributed by atoms with Gasteiger partial charge in [0.15, 0.2) is 5.82 Å². The van der Waals surface area contributed by atoms with Crippen LogP contribution in [0.1, 0.15) is 5.69 Å². The molecule has 6 nitrogen and oxygen atoms in total. The van der Waals surface area contributed by atoms with E-state index in [1.165, 1.54) is 0 Å². The molecule has 3 heterocycles. The molecule has 0 unspecified atom stereocenters. The molecule has 0 saturated carbocycles. The molecule has 0 aliphatic rings. The molecule has 0 amide bonds. The maximum absolute atomic E-state index is 5.63. The van der Waals surface area contributed by atoms with Gasteiger partial charge in [0.25, 0.3) is 0 Å². The molecular formula is C10H10N6. The first kappa shape index (κ1) is 8.90. The van der Waals surface area contributed by atoms with Crippen molar-refractivity contribution in [3.63, 3.8) is 0 Å². The first-order valence-corrected chi connectivity index (χ1v) is 4.85. The van der Waals surface area contributed by atoms with Crippen LogP contribution in [0.25, 0.3) is 11.3 Å². The summed E-state index contributed by atoms with van der Waals surface area (Å²) in [7, 11) is 0. The summed E-state index contributed by atoms with van der Waals surface area (Å²) in [5.74, 6) is 0.722. The fraction of sp³-hybridized carbons (Fsp3) is 0.100. The van der Waals surface area contributed by atoms with Crippen molar-refractivity contribution in [2.45, 2.75) is 6.92 Å². The van der Waals surface area contributed by atoms with E-state index in [1.807, 2.05) is 13.0 Å². The van der Waals surface area contributed by atoms with Crippen LogP contribution in [-0.4, -0.2) is 24.4 Å². The summed E-state index contributed by atoms with van der Waals surface area (Å²) in [4.78, 5) is 4.29. The van der Waals surface area contributed by atoms with E-state index in [1.54, 1.807) is 34.0 Å². The van der Waals surface area contributed by atoms with Crippen molar-refractivity contribution in [3.05, 3.63) is 36.5 Å². The number of anilines is 1. The Morgan fingerprint density at radius 1 is 1.38 bits per heavy atom. The minimum atomic E-state index is 0.611. The highest BCUT2D eigenvalue weighted by atomic mass is 15.3. The molecule has 0 aliphatic carbocycles. The quantitative estimate of drug-likeness (QED) is 0.650. The van der Waals surface area contributed by atoms with E-state index in [9.17, 15) is 0 Å². The third-order valence-electron chi connectivity index (χ3n) is 2.31. The molecular weight excluding hydrogens is 204 g/mol. The Morgan fingerprint density at radius 2 is 2.25 bits per heavy atom. The topological polar surface area (TPSA) is 74.0 Å². The van der Waals surface area contributed by atoms with Gasteiger partial charge in [-0.3, -0.25) is 0 Å². The minimum Gasteiger partial charge on any atom is -0.396 e. The number of fused-ring (bicyclic) bond motifs is 1. The summed E-state index contributed by atoms with van der Waals surface area (Å²) >= 11 is 0. The molecule has 0 spiro atoms. The molecule has 2 N–H and O–H groups in total. The normalized spacial score (nSPS) is 11.1. The van der Waals surface area contributed by atoms with Gasteiger partial charge in [-0.2, -0.15) is 10.2 Å². The lowest BCUT2D eigenvalue weighted by molar-refractivity contribution is 0.830. The smallest absolute Gasteiger partial charge is 0.179 e. The van der Waals surface area contributed by atoms with Crippen LogP contribution in [0, 0.1) is 6.92 Å². The zero-order valence-corrected chi connectivity index (χ0v) is 8.70. The Balaban J connectivity index is 2.30. The molecule has 0 aliphatic heterocycles. The molecule has 3 rings (SSSR count). The van der Waals surface area contributed by atoms with E-state index in [0.29, 0.717) is 5.69 Å². The Hall–Kier alpha value is -2.37. The van der Waals surface area contributed by atoms with Crippen LogP contribution in [0.4, 0.5) is 5.69 Å². The molecule has 6 heteroatoms. The molecule has 3 aromatic rings. The lowest BCUT2D eigenvalue weighted by atomic mass is 10.4. The van der Waals surface area contributed by atoms with Crippen LogP contribution in [0.3, 0.4) is 0 Å². The van der Waals surface area contributed by atoms with Crippen molar-refractivity contribution >= 4 is 11.2 Å². The standard InChI is InChI=1S/C10H10N6/c1-7-4-9-10(12-2-3-15(9)14-7)16-6-8(11)5-13-16/h2-6H,11H2,1H3. The van der Waals surface area contributed by atoms with Gasteiger partial charge >= 0.3 is 0 Å². The number of aromatic nitrogens is 5. The second-order valence-corrected chi connectivity index (χ2v) is 3.58. The SMILES string of the molecule is Cc1cc2c(-n3cc(N)cn3)nccn2n1. The monoisotopic (exact) mass is 214 g/mol. The number of nitrogens with zero attached hydrogens (tertiary/aromatic N) is 5. The largest absolute Gasteiger partial charge is 0.396 e. The van der Waals surface area contributed by atoms with E-state index in [-0.39, 0.29) is 0 Å². The van der Waals surface area contributed by atoms with Crippen LogP contribution in [0.5, 0.6) is 0 Å². The van der Waals surface area contributed by atoms with Gasteiger partial charge in [-0.05, 0) is 13.0 Å². The first-order valence-electron chi connectivity index (χ1n) is 4.85. The number of nitrogen functional groups attached to an aromatic ring is 1. The summed E-state index contributed by atoms with van der Waals surface area (Å²) in [6.45, 7) is 1.94. The van der Waals surface area contributed by atoms with Crippen LogP contribution < -0.4 is 5.73 Å². The van der Waals surface area contributed by atoms with Gasteiger partial charge in [-0.25, -0.2) is 14.2 Å². The zero-order chi connectivity index (χ0) is 11.1. The Morgan fingerprint density at radius 3 is 3.00 bits per heavy atom. The molecule has 16 heavy (non-hydrogen) atoms. The molecule has 0 atom stereocenters. The van der Waals surface area contributed by atoms with Crippen molar-refractivity contribution < 1.29 is 0 Å². The predicted octanol–water partition coefficient (Wildman–Crippen LogP) is 0.806. The van der Waals surface area contributed by atoms with Crippen molar-refractivity contribution in [2.24, 2.45) is 0 Å². The second kappa shape index (κ2) is 3.06. The summed E-state index contributed by atoms with van der Waals surface area (Å²) in [6.07, 6.45) is 6.81. The summed E-state index contributed by atoms with van der Waals surface area (Å²) in [5.41, 5.74) is 8.09. The maximum atomic E-state index is 5.63. The fourth-order valence-corrected chi connectivity index (χ4v) is 1.66. The van der Waals surface area contributed by atoms with Crippen LogP contribution in [-0.2, 0) is 0 Å². The van der Waals surface area contributed by atoms with Crippen molar-refractivity contribution in [1.29, 1.82) is 0 Å². The van der Waals surface area contributed by atoms with Crippen LogP contribution in [0.15, 0.2) is 30.9 Å². The predicted molar refractivity (Wildman–Crippen MR) is 59.3 cm³/mol. The Bertz CT molecular complexity index is 650. The van der Waals surface area contributed by atoms with E-state index in [4.69, 9.17) is 5.73 Å². The molecule has 80 valence electrons. The third kappa shape index (κ3) is 1.23. The Labute approximate surface area is 91.3 Å². The molecule has 0 bridgehead atoms. The molecule has 3 aromatic heterocycles. The van der Waals surface area contributed by atoms with Crippen LogP contribution >= 0.6 is 0 Å². The van der Waals surface area contributed by atoms with Gasteiger partial charge in [0, 0.05) is 12.4 Å². The highest BCUT2D eigenvalue weighted by molar-refractivity contribution is 5.60. The average molecular weight is 214 g/mol. The number of rotatable bonds is 1. The first-order chi connectivity index (χ1) is 7.74. The summed E-state index contributed by atoms with van der Waals surface area (Å²) in [6, 6.07) is 1.96. The summed E-state index contributed by atoms with van der Waals surface area (Å²) in [5, 5.41) is 8.44. The minimum absolute atomic E-state index is 0.611. The van der Waals surface area contributed by atoms with Gasteiger partial charge < -0.3 is 5.73 Å². The molecule has 0 aromatic carbocycles. The summed E-state index contributed by atoms with van der Waals surface area (Å²) < 4.78 is 3.42. The Kier molecular flexibility index (Phi) is 1.70. The zero-order valence-electron chi connectivity index (χ0n) is 8.70. The van der Waals surface area contributed by atoms with Crippen molar-refractivity contribution in [1.82, 2.24) is 24.4 Å². The van der Waals surface area contributed by atoms with Gasteiger partial charge in [-0.15, -0.1) is 0 Å². The number of aryl methyl sites for hydroxylation is 1. The number of hydrogen-bond donors (Lipinski definition) is 1. The van der Waals surface area contributed by atoms with Gasteiger partial charge in [-0.1, -0.05) is 0 Å². The van der Waals surface area contributed by atoms with Gasteiger partial charge in [0.2, 0.25) is 0 Å². The van der Waals surface area contributed by atoms with Gasteiger partial charge in [0.1, 0.15) is 5.52 Å². The van der Waals surface area contributed by atoms with Gasteiger partial charge in [0.05, 0.1) is 23.8 Å². The highest BCUT2D eigenvalue weighted by Crippen LogP contribution is 2.14. The van der Waals surface area contributed by atoms with E-state index in [0.717, 1.165) is 17.0 Å². The van der Waals surface area contributed by atoms with E-state index in [2.05, 4.69) is 15.2 Å². The number of nitrogens with two attached hydrogens (primary N) is 1. The third-order valence-corrected chi connectivity index (χ3v) is 2.31. The lowest BCUT2D eigenvalue weighted by Gasteiger charge is -2.01. The molecule has 0 radical (unpaired) electrons.